The summed E-state index contributed by atoms with van der Waals surface area (Å²) in [5.74, 6) is 0.251. The lowest BCUT2D eigenvalue weighted by Gasteiger charge is -2.35. The lowest BCUT2D eigenvalue weighted by molar-refractivity contribution is -0.133. The normalized spacial score (nSPS) is 22.1. The molecular weight excluding hydrogens is 260 g/mol. The van der Waals surface area contributed by atoms with E-state index in [1.807, 2.05) is 0 Å². The minimum absolute atomic E-state index is 0.251. The Bertz CT molecular complexity index is 490. The van der Waals surface area contributed by atoms with Gasteiger partial charge in [-0.3, -0.25) is 4.79 Å². The van der Waals surface area contributed by atoms with E-state index in [1.165, 1.54) is 11.1 Å². The third kappa shape index (κ3) is 4.07. The number of carbonyl (C=O) groups excluding carboxylic acids is 1. The van der Waals surface area contributed by atoms with Crippen LogP contribution in [-0.4, -0.2) is 29.4 Å². The van der Waals surface area contributed by atoms with Gasteiger partial charge in [0.2, 0.25) is 5.91 Å². The highest BCUT2D eigenvalue weighted by Crippen LogP contribution is 2.23. The minimum Gasteiger partial charge on any atom is -0.340 e. The van der Waals surface area contributed by atoms with Crippen molar-refractivity contribution in [3.05, 3.63) is 34.9 Å². The lowest BCUT2D eigenvalue weighted by atomic mass is 9.90. The molecule has 1 aromatic rings. The van der Waals surface area contributed by atoms with Gasteiger partial charge in [0, 0.05) is 18.6 Å². The molecule has 21 heavy (non-hydrogen) atoms. The summed E-state index contributed by atoms with van der Waals surface area (Å²) < 4.78 is 0. The van der Waals surface area contributed by atoms with Crippen molar-refractivity contribution < 1.29 is 4.79 Å². The van der Waals surface area contributed by atoms with E-state index in [0.29, 0.717) is 18.5 Å². The maximum absolute atomic E-state index is 12.6. The smallest absolute Gasteiger partial charge is 0.227 e. The molecule has 1 aliphatic rings. The summed E-state index contributed by atoms with van der Waals surface area (Å²) in [6.07, 6.45) is 4.69. The summed E-state index contributed by atoms with van der Waals surface area (Å²) in [5, 5.41) is 0. The topological polar surface area (TPSA) is 46.3 Å². The maximum atomic E-state index is 12.6. The molecule has 2 rings (SSSR count). The summed E-state index contributed by atoms with van der Waals surface area (Å²) in [6, 6.07) is 7.03. The monoisotopic (exact) mass is 288 g/mol. The maximum Gasteiger partial charge on any atom is 0.227 e. The molecule has 1 aromatic carbocycles. The fourth-order valence-corrected chi connectivity index (χ4v) is 3.24. The molecule has 0 saturated heterocycles. The third-order valence-electron chi connectivity index (χ3n) is 4.77. The van der Waals surface area contributed by atoms with Crippen LogP contribution >= 0.6 is 0 Å². The second-order valence-electron chi connectivity index (χ2n) is 6.34. The highest BCUT2D eigenvalue weighted by Gasteiger charge is 2.26. The molecule has 1 amide bonds. The van der Waals surface area contributed by atoms with Crippen molar-refractivity contribution in [3.63, 3.8) is 0 Å². The molecule has 116 valence electrons. The van der Waals surface area contributed by atoms with Crippen molar-refractivity contribution >= 4 is 5.91 Å². The molecule has 0 spiro atoms. The first kappa shape index (κ1) is 16.0. The predicted molar refractivity (Wildman–Crippen MR) is 87.2 cm³/mol. The van der Waals surface area contributed by atoms with Gasteiger partial charge >= 0.3 is 0 Å². The number of aryl methyl sites for hydroxylation is 2. The van der Waals surface area contributed by atoms with E-state index in [2.05, 4.69) is 43.9 Å². The van der Waals surface area contributed by atoms with Crippen molar-refractivity contribution in [3.8, 4) is 0 Å². The van der Waals surface area contributed by atoms with Gasteiger partial charge in [-0.1, -0.05) is 18.2 Å². The molecule has 2 N–H and O–H groups in total. The van der Waals surface area contributed by atoms with E-state index >= 15 is 0 Å². The Labute approximate surface area is 128 Å². The fourth-order valence-electron chi connectivity index (χ4n) is 3.24. The number of hydrogen-bond acceptors (Lipinski definition) is 2. The van der Waals surface area contributed by atoms with Crippen LogP contribution in [0.15, 0.2) is 18.2 Å². The first-order valence-corrected chi connectivity index (χ1v) is 8.12. The highest BCUT2D eigenvalue weighted by molar-refractivity contribution is 5.79. The van der Waals surface area contributed by atoms with Crippen LogP contribution in [0.5, 0.6) is 0 Å². The fraction of sp³-hybridized carbons (Fsp3) is 0.611. The number of hydrogen-bond donors (Lipinski definition) is 1. The van der Waals surface area contributed by atoms with E-state index in [1.54, 1.807) is 0 Å². The molecule has 0 aromatic heterocycles. The van der Waals surface area contributed by atoms with Crippen LogP contribution in [0.4, 0.5) is 0 Å². The molecule has 1 aliphatic carbocycles. The van der Waals surface area contributed by atoms with Gasteiger partial charge in [-0.05, 0) is 63.1 Å². The molecule has 0 atom stereocenters. The van der Waals surface area contributed by atoms with Gasteiger partial charge < -0.3 is 10.6 Å². The zero-order valence-corrected chi connectivity index (χ0v) is 13.6. The first-order chi connectivity index (χ1) is 10.0. The van der Waals surface area contributed by atoms with Gasteiger partial charge in [0.1, 0.15) is 0 Å². The second kappa shape index (κ2) is 7.08. The van der Waals surface area contributed by atoms with Gasteiger partial charge in [-0.2, -0.15) is 0 Å². The molecule has 1 fully saturated rings. The minimum atomic E-state index is 0.251. The molecule has 0 heterocycles. The predicted octanol–water partition coefficient (Wildman–Crippen LogP) is 2.96. The highest BCUT2D eigenvalue weighted by atomic mass is 16.2. The Kier molecular flexibility index (Phi) is 5.40. The van der Waals surface area contributed by atoms with Crippen LogP contribution in [0.25, 0.3) is 0 Å². The van der Waals surface area contributed by atoms with Crippen molar-refractivity contribution in [2.24, 2.45) is 5.73 Å². The molecule has 0 aliphatic heterocycles. The van der Waals surface area contributed by atoms with Gasteiger partial charge in [-0.15, -0.1) is 0 Å². The number of rotatable bonds is 4. The van der Waals surface area contributed by atoms with E-state index in [4.69, 9.17) is 5.73 Å². The van der Waals surface area contributed by atoms with Gasteiger partial charge in [0.05, 0.1) is 6.42 Å². The average molecular weight is 288 g/mol. The zero-order chi connectivity index (χ0) is 15.4. The Morgan fingerprint density at radius 3 is 2.43 bits per heavy atom. The van der Waals surface area contributed by atoms with E-state index < -0.39 is 0 Å². The number of benzene rings is 1. The zero-order valence-electron chi connectivity index (χ0n) is 13.6. The average Bonchev–Trinajstić information content (AvgIpc) is 2.46. The largest absolute Gasteiger partial charge is 0.340 e. The Hall–Kier alpha value is -1.35. The summed E-state index contributed by atoms with van der Waals surface area (Å²) >= 11 is 0. The van der Waals surface area contributed by atoms with Crippen LogP contribution in [-0.2, 0) is 11.2 Å². The van der Waals surface area contributed by atoms with E-state index in [-0.39, 0.29) is 5.91 Å². The molecule has 3 nitrogen and oxygen atoms in total. The van der Waals surface area contributed by atoms with Crippen LogP contribution in [0.3, 0.4) is 0 Å². The quantitative estimate of drug-likeness (QED) is 0.926. The molecule has 1 saturated carbocycles. The third-order valence-corrected chi connectivity index (χ3v) is 4.77. The number of amides is 1. The number of nitrogens with zero attached hydrogens (tertiary/aromatic N) is 1. The van der Waals surface area contributed by atoms with Gasteiger partial charge in [0.15, 0.2) is 0 Å². The van der Waals surface area contributed by atoms with Crippen molar-refractivity contribution in [1.82, 2.24) is 4.90 Å². The van der Waals surface area contributed by atoms with Crippen LogP contribution in [0.1, 0.15) is 49.3 Å². The summed E-state index contributed by atoms with van der Waals surface area (Å²) in [6.45, 7) is 7.07. The van der Waals surface area contributed by atoms with Crippen molar-refractivity contribution in [2.75, 3.05) is 6.54 Å². The number of likely N-dealkylation sites (N-methyl/N-ethyl adjacent to an activating group) is 1. The van der Waals surface area contributed by atoms with Crippen molar-refractivity contribution in [1.29, 1.82) is 0 Å². The van der Waals surface area contributed by atoms with Crippen LogP contribution in [0, 0.1) is 13.8 Å². The molecule has 0 unspecified atom stereocenters. The standard InChI is InChI=1S/C18H28N2O/c1-4-20(17-9-7-16(19)8-10-17)18(21)12-15-6-5-13(2)14(3)11-15/h5-6,11,16-17H,4,7-10,12,19H2,1-3H3. The molecular formula is C18H28N2O. The summed E-state index contributed by atoms with van der Waals surface area (Å²) in [4.78, 5) is 14.7. The molecule has 3 heteroatoms. The van der Waals surface area contributed by atoms with Crippen LogP contribution < -0.4 is 5.73 Å². The van der Waals surface area contributed by atoms with Gasteiger partial charge in [-0.25, -0.2) is 0 Å². The summed E-state index contributed by atoms with van der Waals surface area (Å²) in [5.41, 5.74) is 9.62. The first-order valence-electron chi connectivity index (χ1n) is 8.12. The molecule has 0 bridgehead atoms. The molecule has 0 radical (unpaired) electrons. The van der Waals surface area contributed by atoms with Gasteiger partial charge in [0.25, 0.3) is 0 Å². The van der Waals surface area contributed by atoms with E-state index in [9.17, 15) is 4.79 Å². The number of nitrogens with two attached hydrogens (primary N) is 1. The Balaban J connectivity index is 2.01. The number of carbonyl (C=O) groups is 1. The SMILES string of the molecule is CCN(C(=O)Cc1ccc(C)c(C)c1)C1CCC(N)CC1. The van der Waals surface area contributed by atoms with E-state index in [0.717, 1.165) is 37.8 Å². The summed E-state index contributed by atoms with van der Waals surface area (Å²) in [7, 11) is 0. The van der Waals surface area contributed by atoms with Crippen molar-refractivity contribution in [2.45, 2.75) is 65.0 Å². The Morgan fingerprint density at radius 2 is 1.86 bits per heavy atom. The van der Waals surface area contributed by atoms with Crippen LogP contribution in [0.2, 0.25) is 0 Å². The second-order valence-corrected chi connectivity index (χ2v) is 6.34. The lowest BCUT2D eigenvalue weighted by Crippen LogP contribution is -2.44. The Morgan fingerprint density at radius 1 is 1.19 bits per heavy atom.